The Morgan fingerprint density at radius 2 is 1.83 bits per heavy atom. The van der Waals surface area contributed by atoms with E-state index in [1.54, 1.807) is 4.57 Å². The average Bonchev–Trinajstić information content (AvgIpc) is 3.04. The largest absolute Gasteiger partial charge is 0.440 e. The van der Waals surface area contributed by atoms with Crippen molar-refractivity contribution < 1.29 is 4.74 Å². The highest BCUT2D eigenvalue weighted by Gasteiger charge is 2.22. The van der Waals surface area contributed by atoms with E-state index in [-0.39, 0.29) is 11.5 Å². The number of aromatic nitrogens is 2. The molecule has 126 valence electrons. The third-order valence-corrected chi connectivity index (χ3v) is 4.27. The third kappa shape index (κ3) is 3.35. The minimum Gasteiger partial charge on any atom is -0.440 e. The quantitative estimate of drug-likeness (QED) is 0.856. The van der Waals surface area contributed by atoms with E-state index in [1.165, 1.54) is 0 Å². The number of aromatic amines is 1. The number of nitrogens with zero attached hydrogens (tertiary/aromatic N) is 1. The average molecular weight is 326 g/mol. The number of H-pyrrole nitrogens is 1. The standard InChI is InChI=1S/C19H22N2O3/c1-13(2)16-17(22)20-19(23)21(12-14-8-6-7-9-14)18(16)24-15-10-4-3-5-11-15/h3-7,10-11,13-14H,8-9,12H2,1-2H3,(H,20,22,23). The summed E-state index contributed by atoms with van der Waals surface area (Å²) in [5.74, 6) is 1.27. The second kappa shape index (κ2) is 6.91. The molecule has 1 heterocycles. The lowest BCUT2D eigenvalue weighted by Crippen LogP contribution is -2.35. The molecule has 1 aromatic carbocycles. The van der Waals surface area contributed by atoms with Gasteiger partial charge in [-0.15, -0.1) is 0 Å². The lowest BCUT2D eigenvalue weighted by Gasteiger charge is -2.20. The molecule has 0 radical (unpaired) electrons. The van der Waals surface area contributed by atoms with Gasteiger partial charge in [0.05, 0.1) is 5.56 Å². The molecule has 1 aromatic heterocycles. The summed E-state index contributed by atoms with van der Waals surface area (Å²) >= 11 is 0. The molecule has 0 spiro atoms. The summed E-state index contributed by atoms with van der Waals surface area (Å²) in [7, 11) is 0. The monoisotopic (exact) mass is 326 g/mol. The van der Waals surface area contributed by atoms with Gasteiger partial charge in [0.2, 0.25) is 5.88 Å². The molecule has 3 rings (SSSR count). The van der Waals surface area contributed by atoms with E-state index in [2.05, 4.69) is 17.1 Å². The molecule has 1 N–H and O–H groups in total. The summed E-state index contributed by atoms with van der Waals surface area (Å²) in [5, 5.41) is 0. The zero-order valence-corrected chi connectivity index (χ0v) is 14.0. The van der Waals surface area contributed by atoms with Crippen LogP contribution in [0.25, 0.3) is 0 Å². The predicted octanol–water partition coefficient (Wildman–Crippen LogP) is 3.42. The molecular formula is C19H22N2O3. The highest BCUT2D eigenvalue weighted by atomic mass is 16.5. The molecule has 0 unspecified atom stereocenters. The maximum absolute atomic E-state index is 12.4. The second-order valence-corrected chi connectivity index (χ2v) is 6.47. The number of para-hydroxylation sites is 1. The summed E-state index contributed by atoms with van der Waals surface area (Å²) in [4.78, 5) is 27.2. The first-order valence-corrected chi connectivity index (χ1v) is 8.31. The Labute approximate surface area is 140 Å². The van der Waals surface area contributed by atoms with E-state index in [0.29, 0.717) is 29.7 Å². The molecule has 0 amide bonds. The van der Waals surface area contributed by atoms with Crippen molar-refractivity contribution in [1.29, 1.82) is 0 Å². The van der Waals surface area contributed by atoms with Crippen molar-refractivity contribution in [3.8, 4) is 11.6 Å². The first kappa shape index (κ1) is 16.3. The maximum Gasteiger partial charge on any atom is 0.331 e. The molecule has 0 saturated heterocycles. The molecule has 5 nitrogen and oxygen atoms in total. The van der Waals surface area contributed by atoms with Crippen LogP contribution in [0, 0.1) is 5.92 Å². The Morgan fingerprint density at radius 1 is 1.17 bits per heavy atom. The van der Waals surface area contributed by atoms with Gasteiger partial charge in [0, 0.05) is 6.54 Å². The summed E-state index contributed by atoms with van der Waals surface area (Å²) in [6, 6.07) is 9.25. The molecule has 0 atom stereocenters. The van der Waals surface area contributed by atoms with Gasteiger partial charge >= 0.3 is 5.69 Å². The fourth-order valence-electron chi connectivity index (χ4n) is 3.03. The van der Waals surface area contributed by atoms with Crippen molar-refractivity contribution in [2.75, 3.05) is 0 Å². The van der Waals surface area contributed by atoms with Crippen LogP contribution in [0.3, 0.4) is 0 Å². The summed E-state index contributed by atoms with van der Waals surface area (Å²) in [6.07, 6.45) is 6.13. The Morgan fingerprint density at radius 3 is 2.46 bits per heavy atom. The summed E-state index contributed by atoms with van der Waals surface area (Å²) in [5.41, 5.74) is -0.284. The van der Waals surface area contributed by atoms with Crippen LogP contribution in [0.2, 0.25) is 0 Å². The van der Waals surface area contributed by atoms with Crippen LogP contribution in [-0.2, 0) is 6.54 Å². The van der Waals surface area contributed by atoms with Crippen molar-refractivity contribution in [2.45, 2.75) is 39.2 Å². The number of allylic oxidation sites excluding steroid dienone is 2. The first-order chi connectivity index (χ1) is 11.6. The van der Waals surface area contributed by atoms with Crippen molar-refractivity contribution in [2.24, 2.45) is 5.92 Å². The third-order valence-electron chi connectivity index (χ3n) is 4.27. The van der Waals surface area contributed by atoms with Gasteiger partial charge in [-0.05, 0) is 36.8 Å². The maximum atomic E-state index is 12.4. The molecule has 0 aliphatic heterocycles. The number of hydrogen-bond donors (Lipinski definition) is 1. The molecule has 5 heteroatoms. The van der Waals surface area contributed by atoms with Gasteiger partial charge in [-0.3, -0.25) is 14.3 Å². The van der Waals surface area contributed by atoms with E-state index in [4.69, 9.17) is 4.74 Å². The Kier molecular flexibility index (Phi) is 4.69. The zero-order chi connectivity index (χ0) is 17.1. The smallest absolute Gasteiger partial charge is 0.331 e. The second-order valence-electron chi connectivity index (χ2n) is 6.47. The van der Waals surface area contributed by atoms with E-state index >= 15 is 0 Å². The fraction of sp³-hybridized carbons (Fsp3) is 0.368. The lowest BCUT2D eigenvalue weighted by atomic mass is 10.0. The highest BCUT2D eigenvalue weighted by Crippen LogP contribution is 2.29. The van der Waals surface area contributed by atoms with Gasteiger partial charge in [-0.2, -0.15) is 0 Å². The minimum atomic E-state index is -0.415. The SMILES string of the molecule is CC(C)c1c(Oc2ccccc2)n(CC2CC=CC2)c(=O)[nH]c1=O. The van der Waals surface area contributed by atoms with E-state index < -0.39 is 5.69 Å². The van der Waals surface area contributed by atoms with Crippen LogP contribution in [0.4, 0.5) is 0 Å². The molecule has 1 aliphatic rings. The van der Waals surface area contributed by atoms with Crippen LogP contribution in [0.15, 0.2) is 52.1 Å². The van der Waals surface area contributed by atoms with Gasteiger partial charge in [-0.1, -0.05) is 44.2 Å². The van der Waals surface area contributed by atoms with Crippen LogP contribution in [0.1, 0.15) is 38.2 Å². The van der Waals surface area contributed by atoms with Crippen molar-refractivity contribution >= 4 is 0 Å². The first-order valence-electron chi connectivity index (χ1n) is 8.31. The molecule has 24 heavy (non-hydrogen) atoms. The fourth-order valence-corrected chi connectivity index (χ4v) is 3.03. The van der Waals surface area contributed by atoms with Gasteiger partial charge in [-0.25, -0.2) is 4.79 Å². The van der Waals surface area contributed by atoms with Gasteiger partial charge in [0.1, 0.15) is 5.75 Å². The number of nitrogens with one attached hydrogen (secondary N) is 1. The summed E-state index contributed by atoms with van der Waals surface area (Å²) < 4.78 is 7.57. The van der Waals surface area contributed by atoms with Crippen LogP contribution in [-0.4, -0.2) is 9.55 Å². The summed E-state index contributed by atoms with van der Waals surface area (Å²) in [6.45, 7) is 4.38. The van der Waals surface area contributed by atoms with Crippen LogP contribution >= 0.6 is 0 Å². The van der Waals surface area contributed by atoms with E-state index in [0.717, 1.165) is 12.8 Å². The number of rotatable bonds is 5. The van der Waals surface area contributed by atoms with Crippen molar-refractivity contribution in [3.63, 3.8) is 0 Å². The Hall–Kier alpha value is -2.56. The van der Waals surface area contributed by atoms with Crippen molar-refractivity contribution in [1.82, 2.24) is 9.55 Å². The highest BCUT2D eigenvalue weighted by molar-refractivity contribution is 5.33. The Balaban J connectivity index is 2.09. The molecular weight excluding hydrogens is 304 g/mol. The topological polar surface area (TPSA) is 64.1 Å². The minimum absolute atomic E-state index is 0.0546. The molecule has 1 aliphatic carbocycles. The number of benzene rings is 1. The lowest BCUT2D eigenvalue weighted by molar-refractivity contribution is 0.366. The predicted molar refractivity (Wildman–Crippen MR) is 93.8 cm³/mol. The van der Waals surface area contributed by atoms with Crippen molar-refractivity contribution in [3.05, 3.63) is 68.9 Å². The van der Waals surface area contributed by atoms with Crippen LogP contribution in [0.5, 0.6) is 11.6 Å². The van der Waals surface area contributed by atoms with E-state index in [9.17, 15) is 9.59 Å². The van der Waals surface area contributed by atoms with Crippen LogP contribution < -0.4 is 16.0 Å². The number of hydrogen-bond acceptors (Lipinski definition) is 3. The molecule has 0 saturated carbocycles. The molecule has 0 bridgehead atoms. The zero-order valence-electron chi connectivity index (χ0n) is 14.0. The normalized spacial score (nSPS) is 14.5. The van der Waals surface area contributed by atoms with E-state index in [1.807, 2.05) is 44.2 Å². The number of ether oxygens (including phenoxy) is 1. The molecule has 2 aromatic rings. The van der Waals surface area contributed by atoms with Gasteiger partial charge in [0.25, 0.3) is 5.56 Å². The molecule has 0 fully saturated rings. The Bertz CT molecular complexity index is 839. The van der Waals surface area contributed by atoms with Gasteiger partial charge in [0.15, 0.2) is 0 Å². The van der Waals surface area contributed by atoms with Gasteiger partial charge < -0.3 is 4.74 Å².